The van der Waals surface area contributed by atoms with Gasteiger partial charge in [-0.05, 0) is 26.0 Å². The Kier molecular flexibility index (Phi) is 4.16. The van der Waals surface area contributed by atoms with E-state index in [1.807, 2.05) is 25.3 Å². The van der Waals surface area contributed by atoms with E-state index in [-0.39, 0.29) is 24.8 Å². The first-order valence-corrected chi connectivity index (χ1v) is 6.32. The highest BCUT2D eigenvalue weighted by Crippen LogP contribution is 2.21. The molecule has 3 atom stereocenters. The van der Waals surface area contributed by atoms with Crippen molar-refractivity contribution in [3.63, 3.8) is 0 Å². The summed E-state index contributed by atoms with van der Waals surface area (Å²) in [6.07, 6.45) is 1.73. The van der Waals surface area contributed by atoms with Gasteiger partial charge in [-0.25, -0.2) is 0 Å². The van der Waals surface area contributed by atoms with Gasteiger partial charge in [0.1, 0.15) is 0 Å². The lowest BCUT2D eigenvalue weighted by atomic mass is 10.1. The van der Waals surface area contributed by atoms with Crippen LogP contribution in [0.3, 0.4) is 0 Å². The van der Waals surface area contributed by atoms with Gasteiger partial charge in [-0.3, -0.25) is 4.98 Å². The molecule has 1 aromatic rings. The summed E-state index contributed by atoms with van der Waals surface area (Å²) in [5.41, 5.74) is 7.72. The maximum atomic E-state index is 9.18. The predicted octanol–water partition coefficient (Wildman–Crippen LogP) is 0.687. The predicted molar refractivity (Wildman–Crippen MR) is 70.5 cm³/mol. The lowest BCUT2D eigenvalue weighted by molar-refractivity contribution is -0.0103. The molecule has 0 aliphatic carbocycles. The molecule has 1 aliphatic rings. The number of ether oxygens (including phenoxy) is 1. The van der Waals surface area contributed by atoms with Crippen LogP contribution in [-0.2, 0) is 4.74 Å². The van der Waals surface area contributed by atoms with Crippen molar-refractivity contribution in [3.8, 4) is 0 Å². The Morgan fingerprint density at radius 2 is 2.39 bits per heavy atom. The van der Waals surface area contributed by atoms with Crippen molar-refractivity contribution >= 4 is 5.69 Å². The van der Waals surface area contributed by atoms with E-state index in [1.54, 1.807) is 0 Å². The van der Waals surface area contributed by atoms with Gasteiger partial charge in [0.25, 0.3) is 0 Å². The normalized spacial score (nSPS) is 26.1. The van der Waals surface area contributed by atoms with Gasteiger partial charge in [-0.1, -0.05) is 0 Å². The molecule has 5 nitrogen and oxygen atoms in total. The summed E-state index contributed by atoms with van der Waals surface area (Å²) in [4.78, 5) is 6.58. The third kappa shape index (κ3) is 2.80. The van der Waals surface area contributed by atoms with Crippen molar-refractivity contribution in [1.29, 1.82) is 0 Å². The first-order valence-electron chi connectivity index (χ1n) is 6.32. The van der Waals surface area contributed by atoms with Crippen LogP contribution in [0, 0.1) is 0 Å². The van der Waals surface area contributed by atoms with E-state index >= 15 is 0 Å². The molecular weight excluding hydrogens is 230 g/mol. The molecule has 100 valence electrons. The Labute approximate surface area is 108 Å². The number of rotatable bonds is 3. The number of aromatic nitrogens is 1. The number of hydrogen-bond donors (Lipinski definition) is 2. The Hall–Kier alpha value is -1.17. The van der Waals surface area contributed by atoms with Gasteiger partial charge in [0.2, 0.25) is 0 Å². The van der Waals surface area contributed by atoms with E-state index in [2.05, 4.69) is 16.8 Å². The molecular formula is C13H21N3O2. The second-order valence-electron chi connectivity index (χ2n) is 4.87. The highest BCUT2D eigenvalue weighted by atomic mass is 16.5. The number of aliphatic hydroxyl groups excluding tert-OH is 1. The summed E-state index contributed by atoms with van der Waals surface area (Å²) in [7, 11) is 0. The number of pyridine rings is 1. The minimum atomic E-state index is -0.116. The lowest BCUT2D eigenvalue weighted by Gasteiger charge is -2.38. The third-order valence-corrected chi connectivity index (χ3v) is 3.28. The van der Waals surface area contributed by atoms with E-state index in [4.69, 9.17) is 10.5 Å². The van der Waals surface area contributed by atoms with E-state index in [0.29, 0.717) is 13.2 Å². The van der Waals surface area contributed by atoms with Gasteiger partial charge in [-0.15, -0.1) is 0 Å². The fraction of sp³-hybridized carbons (Fsp3) is 0.615. The number of aliphatic hydroxyl groups is 1. The molecule has 3 N–H and O–H groups in total. The molecule has 0 amide bonds. The molecule has 5 heteroatoms. The first-order chi connectivity index (χ1) is 8.61. The Morgan fingerprint density at radius 3 is 2.94 bits per heavy atom. The molecule has 2 rings (SSSR count). The highest BCUT2D eigenvalue weighted by Gasteiger charge is 2.25. The second-order valence-corrected chi connectivity index (χ2v) is 4.87. The van der Waals surface area contributed by atoms with Gasteiger partial charge in [0.15, 0.2) is 0 Å². The molecule has 0 aromatic carbocycles. The minimum absolute atomic E-state index is 0.0497. The van der Waals surface area contributed by atoms with Gasteiger partial charge < -0.3 is 20.5 Å². The maximum absolute atomic E-state index is 9.18. The molecule has 1 aliphatic heterocycles. The SMILES string of the molecule is CC1COC(CO)CN1c1ccc([C@H](C)N)nc1. The molecule has 2 unspecified atom stereocenters. The maximum Gasteiger partial charge on any atom is 0.0981 e. The Bertz CT molecular complexity index is 380. The first kappa shape index (κ1) is 13.3. The zero-order valence-corrected chi connectivity index (χ0v) is 10.9. The van der Waals surface area contributed by atoms with E-state index in [1.165, 1.54) is 0 Å². The number of hydrogen-bond acceptors (Lipinski definition) is 5. The smallest absolute Gasteiger partial charge is 0.0981 e. The monoisotopic (exact) mass is 251 g/mol. The fourth-order valence-corrected chi connectivity index (χ4v) is 2.12. The topological polar surface area (TPSA) is 71.6 Å². The molecule has 18 heavy (non-hydrogen) atoms. The van der Waals surface area contributed by atoms with Crippen molar-refractivity contribution in [3.05, 3.63) is 24.0 Å². The summed E-state index contributed by atoms with van der Waals surface area (Å²) in [6, 6.07) is 4.22. The van der Waals surface area contributed by atoms with Gasteiger partial charge in [-0.2, -0.15) is 0 Å². The van der Waals surface area contributed by atoms with Crippen LogP contribution in [0.25, 0.3) is 0 Å². The second kappa shape index (κ2) is 5.65. The molecule has 0 saturated carbocycles. The largest absolute Gasteiger partial charge is 0.394 e. The van der Waals surface area contributed by atoms with Crippen molar-refractivity contribution in [2.45, 2.75) is 32.0 Å². The Morgan fingerprint density at radius 1 is 1.61 bits per heavy atom. The summed E-state index contributed by atoms with van der Waals surface area (Å²) in [5.74, 6) is 0. The van der Waals surface area contributed by atoms with Crippen LogP contribution in [0.4, 0.5) is 5.69 Å². The van der Waals surface area contributed by atoms with Crippen LogP contribution in [0.1, 0.15) is 25.6 Å². The van der Waals surface area contributed by atoms with Crippen molar-refractivity contribution in [2.24, 2.45) is 5.73 Å². The van der Waals surface area contributed by atoms with Crippen molar-refractivity contribution in [1.82, 2.24) is 4.98 Å². The van der Waals surface area contributed by atoms with E-state index < -0.39 is 0 Å². The van der Waals surface area contributed by atoms with Crippen molar-refractivity contribution < 1.29 is 9.84 Å². The minimum Gasteiger partial charge on any atom is -0.394 e. The average molecular weight is 251 g/mol. The number of anilines is 1. The zero-order valence-electron chi connectivity index (χ0n) is 10.9. The van der Waals surface area contributed by atoms with Crippen LogP contribution >= 0.6 is 0 Å². The molecule has 1 aromatic heterocycles. The standard InChI is InChI=1S/C13H21N3O2/c1-9-8-18-12(7-17)6-16(9)11-3-4-13(10(2)14)15-5-11/h3-5,9-10,12,17H,6-8,14H2,1-2H3/t9?,10-,12?/m0/s1. The van der Waals surface area contributed by atoms with Gasteiger partial charge in [0, 0.05) is 18.6 Å². The number of nitrogens with two attached hydrogens (primary N) is 1. The Balaban J connectivity index is 2.13. The summed E-state index contributed by atoms with van der Waals surface area (Å²) in [5, 5.41) is 9.18. The summed E-state index contributed by atoms with van der Waals surface area (Å²) >= 11 is 0. The third-order valence-electron chi connectivity index (χ3n) is 3.28. The molecule has 0 bridgehead atoms. The highest BCUT2D eigenvalue weighted by molar-refractivity contribution is 5.46. The molecule has 1 saturated heterocycles. The van der Waals surface area contributed by atoms with Crippen LogP contribution in [0.2, 0.25) is 0 Å². The molecule has 2 heterocycles. The molecule has 0 spiro atoms. The van der Waals surface area contributed by atoms with E-state index in [9.17, 15) is 5.11 Å². The quantitative estimate of drug-likeness (QED) is 0.827. The van der Waals surface area contributed by atoms with Crippen LogP contribution in [0.15, 0.2) is 18.3 Å². The van der Waals surface area contributed by atoms with Crippen LogP contribution in [0.5, 0.6) is 0 Å². The number of nitrogens with zero attached hydrogens (tertiary/aromatic N) is 2. The summed E-state index contributed by atoms with van der Waals surface area (Å²) < 4.78 is 5.52. The average Bonchev–Trinajstić information content (AvgIpc) is 2.39. The number of morpholine rings is 1. The van der Waals surface area contributed by atoms with E-state index in [0.717, 1.165) is 11.4 Å². The van der Waals surface area contributed by atoms with Crippen LogP contribution in [-0.4, -0.2) is 42.0 Å². The van der Waals surface area contributed by atoms with Crippen molar-refractivity contribution in [2.75, 3.05) is 24.7 Å². The van der Waals surface area contributed by atoms with Gasteiger partial charge >= 0.3 is 0 Å². The molecule has 1 fully saturated rings. The summed E-state index contributed by atoms with van der Waals surface area (Å²) in [6.45, 7) is 5.39. The van der Waals surface area contributed by atoms with Crippen LogP contribution < -0.4 is 10.6 Å². The fourth-order valence-electron chi connectivity index (χ4n) is 2.12. The zero-order chi connectivity index (χ0) is 13.1. The molecule has 0 radical (unpaired) electrons. The van der Waals surface area contributed by atoms with Gasteiger partial charge in [0.05, 0.1) is 36.9 Å². The lowest BCUT2D eigenvalue weighted by Crippen LogP contribution is -2.49.